The Morgan fingerprint density at radius 3 is 1.10 bits per heavy atom. The van der Waals surface area contributed by atoms with Crippen LogP contribution in [-0.4, -0.2) is 47.4 Å². The summed E-state index contributed by atoms with van der Waals surface area (Å²) in [6.45, 7) is 4.89. The van der Waals surface area contributed by atoms with Gasteiger partial charge in [-0.1, -0.05) is 268 Å². The number of esters is 1. The molecule has 1 amide bonds. The third kappa shape index (κ3) is 55.1. The van der Waals surface area contributed by atoms with Gasteiger partial charge in [0, 0.05) is 12.8 Å². The van der Waals surface area contributed by atoms with E-state index in [1.165, 1.54) is 244 Å². The SMILES string of the molecule is CCCCCCCC/C=C\CCCCCCCC(=O)OCCCCCCCCCCC/C=C\C/C=C\CCCCCCCCCCCC(=O)NC(CO)C(O)/C=C/CCCCCCCCCCCCC. The summed E-state index contributed by atoms with van der Waals surface area (Å²) in [4.78, 5) is 24.5. The normalized spacial score (nSPS) is 12.9. The molecule has 2 atom stereocenters. The molecule has 0 aromatic carbocycles. The zero-order valence-electron chi connectivity index (χ0n) is 46.7. The van der Waals surface area contributed by atoms with Gasteiger partial charge in [0.15, 0.2) is 0 Å². The van der Waals surface area contributed by atoms with Crippen LogP contribution < -0.4 is 5.32 Å². The van der Waals surface area contributed by atoms with Crippen LogP contribution in [0.3, 0.4) is 0 Å². The van der Waals surface area contributed by atoms with Crippen molar-refractivity contribution >= 4 is 11.9 Å². The maximum absolute atomic E-state index is 12.4. The number of rotatable bonds is 57. The first-order chi connectivity index (χ1) is 34.5. The summed E-state index contributed by atoms with van der Waals surface area (Å²) in [5.41, 5.74) is 0. The second kappa shape index (κ2) is 59.4. The standard InChI is InChI=1S/C64H119NO5/c1-3-5-7-9-11-13-15-17-29-34-38-42-46-50-54-58-64(69)70-59-55-51-47-43-39-35-31-28-26-24-22-20-18-19-21-23-25-27-30-33-37-41-45-49-53-57-63(68)65-61(60-66)62(67)56-52-48-44-40-36-32-16-14-12-10-8-6-4-2/h17,19-22,29,52,56,61-62,66-67H,3-16,18,23-28,30-51,53-55,57-60H2,1-2H3,(H,65,68)/b21-19-,22-20-,29-17-,56-52+. The van der Waals surface area contributed by atoms with Gasteiger partial charge in [-0.05, 0) is 89.9 Å². The minimum Gasteiger partial charge on any atom is -0.466 e. The minimum atomic E-state index is -0.848. The smallest absolute Gasteiger partial charge is 0.305 e. The van der Waals surface area contributed by atoms with Crippen molar-refractivity contribution in [3.63, 3.8) is 0 Å². The van der Waals surface area contributed by atoms with Crippen LogP contribution in [0.2, 0.25) is 0 Å². The van der Waals surface area contributed by atoms with Crippen LogP contribution in [0.15, 0.2) is 48.6 Å². The largest absolute Gasteiger partial charge is 0.466 e. The van der Waals surface area contributed by atoms with Gasteiger partial charge in [-0.3, -0.25) is 9.59 Å². The highest BCUT2D eigenvalue weighted by atomic mass is 16.5. The lowest BCUT2D eigenvalue weighted by Crippen LogP contribution is -2.45. The van der Waals surface area contributed by atoms with Gasteiger partial charge in [0.2, 0.25) is 5.91 Å². The molecule has 0 aromatic rings. The number of amides is 1. The predicted molar refractivity (Wildman–Crippen MR) is 306 cm³/mol. The highest BCUT2D eigenvalue weighted by molar-refractivity contribution is 5.76. The van der Waals surface area contributed by atoms with Crippen molar-refractivity contribution in [1.82, 2.24) is 5.32 Å². The van der Waals surface area contributed by atoms with Gasteiger partial charge in [0.25, 0.3) is 0 Å². The maximum Gasteiger partial charge on any atom is 0.305 e. The lowest BCUT2D eigenvalue weighted by atomic mass is 10.0. The van der Waals surface area contributed by atoms with Gasteiger partial charge >= 0.3 is 5.97 Å². The number of carbonyl (C=O) groups is 2. The number of hydrogen-bond acceptors (Lipinski definition) is 5. The summed E-state index contributed by atoms with van der Waals surface area (Å²) in [6.07, 6.45) is 75.8. The summed E-state index contributed by atoms with van der Waals surface area (Å²) in [5.74, 6) is -0.0743. The molecule has 0 aromatic heterocycles. The summed E-state index contributed by atoms with van der Waals surface area (Å²) in [5, 5.41) is 23.1. The van der Waals surface area contributed by atoms with E-state index in [9.17, 15) is 19.8 Å². The van der Waals surface area contributed by atoms with E-state index in [4.69, 9.17) is 4.74 Å². The number of allylic oxidation sites excluding steroid dienone is 7. The first kappa shape index (κ1) is 67.8. The van der Waals surface area contributed by atoms with E-state index in [1.54, 1.807) is 6.08 Å². The Balaban J connectivity index is 3.45. The van der Waals surface area contributed by atoms with E-state index in [2.05, 4.69) is 55.6 Å². The molecule has 0 heterocycles. The highest BCUT2D eigenvalue weighted by Crippen LogP contribution is 2.16. The van der Waals surface area contributed by atoms with Gasteiger partial charge in [0.1, 0.15) is 0 Å². The average molecular weight is 983 g/mol. The van der Waals surface area contributed by atoms with Crippen LogP contribution in [0, 0.1) is 0 Å². The topological polar surface area (TPSA) is 95.9 Å². The minimum absolute atomic E-state index is 0.000244. The fourth-order valence-corrected chi connectivity index (χ4v) is 9.31. The lowest BCUT2D eigenvalue weighted by molar-refractivity contribution is -0.143. The molecule has 0 spiro atoms. The first-order valence-corrected chi connectivity index (χ1v) is 30.9. The molecule has 0 saturated carbocycles. The molecule has 70 heavy (non-hydrogen) atoms. The van der Waals surface area contributed by atoms with Crippen LogP contribution in [-0.2, 0) is 14.3 Å². The van der Waals surface area contributed by atoms with Crippen LogP contribution >= 0.6 is 0 Å². The van der Waals surface area contributed by atoms with Crippen LogP contribution in [0.4, 0.5) is 0 Å². The molecule has 0 aliphatic rings. The molecule has 0 aliphatic heterocycles. The van der Waals surface area contributed by atoms with Gasteiger partial charge < -0.3 is 20.3 Å². The van der Waals surface area contributed by atoms with E-state index < -0.39 is 12.1 Å². The molecule has 6 nitrogen and oxygen atoms in total. The van der Waals surface area contributed by atoms with Crippen molar-refractivity contribution < 1.29 is 24.5 Å². The Hall–Kier alpha value is -2.18. The van der Waals surface area contributed by atoms with Crippen molar-refractivity contribution in [2.24, 2.45) is 0 Å². The van der Waals surface area contributed by atoms with E-state index in [0.717, 1.165) is 51.4 Å². The summed E-state index contributed by atoms with van der Waals surface area (Å²) in [7, 11) is 0. The molecule has 2 unspecified atom stereocenters. The van der Waals surface area contributed by atoms with Crippen molar-refractivity contribution in [2.45, 2.75) is 334 Å². The summed E-state index contributed by atoms with van der Waals surface area (Å²) < 4.78 is 5.48. The fraction of sp³-hybridized carbons (Fsp3) is 0.844. The number of ether oxygens (including phenoxy) is 1. The average Bonchev–Trinajstić information content (AvgIpc) is 3.36. The third-order valence-electron chi connectivity index (χ3n) is 14.1. The molecule has 0 fully saturated rings. The Morgan fingerprint density at radius 1 is 0.400 bits per heavy atom. The molecule has 0 aliphatic carbocycles. The molecular formula is C64H119NO5. The Morgan fingerprint density at radius 2 is 0.714 bits per heavy atom. The molecule has 3 N–H and O–H groups in total. The van der Waals surface area contributed by atoms with Crippen LogP contribution in [0.25, 0.3) is 0 Å². The van der Waals surface area contributed by atoms with E-state index in [-0.39, 0.29) is 18.5 Å². The first-order valence-electron chi connectivity index (χ1n) is 30.9. The predicted octanol–water partition coefficient (Wildman–Crippen LogP) is 19.4. The second-order valence-electron chi connectivity index (χ2n) is 21.0. The van der Waals surface area contributed by atoms with Crippen molar-refractivity contribution in [3.8, 4) is 0 Å². The zero-order chi connectivity index (χ0) is 50.7. The zero-order valence-corrected chi connectivity index (χ0v) is 46.7. The third-order valence-corrected chi connectivity index (χ3v) is 14.1. The van der Waals surface area contributed by atoms with Crippen LogP contribution in [0.1, 0.15) is 322 Å². The second-order valence-corrected chi connectivity index (χ2v) is 21.0. The van der Waals surface area contributed by atoms with Gasteiger partial charge in [0.05, 0.1) is 25.4 Å². The number of aliphatic hydroxyl groups is 2. The maximum atomic E-state index is 12.4. The van der Waals surface area contributed by atoms with Gasteiger partial charge in [-0.15, -0.1) is 0 Å². The summed E-state index contributed by atoms with van der Waals surface area (Å²) >= 11 is 0. The van der Waals surface area contributed by atoms with E-state index in [0.29, 0.717) is 19.4 Å². The number of carbonyl (C=O) groups excluding carboxylic acids is 2. The Kier molecular flexibility index (Phi) is 57.5. The molecule has 0 bridgehead atoms. The molecule has 0 rings (SSSR count). The Bertz CT molecular complexity index is 1180. The van der Waals surface area contributed by atoms with E-state index in [1.807, 2.05) is 6.08 Å². The molecular weight excluding hydrogens is 863 g/mol. The quantitative estimate of drug-likeness (QED) is 0.0321. The lowest BCUT2D eigenvalue weighted by Gasteiger charge is -2.20. The monoisotopic (exact) mass is 982 g/mol. The van der Waals surface area contributed by atoms with Gasteiger partial charge in [-0.25, -0.2) is 0 Å². The van der Waals surface area contributed by atoms with Crippen LogP contribution in [0.5, 0.6) is 0 Å². The molecule has 410 valence electrons. The number of unbranched alkanes of at least 4 members (excludes halogenated alkanes) is 40. The van der Waals surface area contributed by atoms with Crippen molar-refractivity contribution in [1.29, 1.82) is 0 Å². The molecule has 0 saturated heterocycles. The highest BCUT2D eigenvalue weighted by Gasteiger charge is 2.18. The molecule has 0 radical (unpaired) electrons. The van der Waals surface area contributed by atoms with E-state index >= 15 is 0 Å². The van der Waals surface area contributed by atoms with Gasteiger partial charge in [-0.2, -0.15) is 0 Å². The number of nitrogens with one attached hydrogen (secondary N) is 1. The van der Waals surface area contributed by atoms with Crippen molar-refractivity contribution in [2.75, 3.05) is 13.2 Å². The summed E-state index contributed by atoms with van der Waals surface area (Å²) in [6, 6.07) is -0.632. The van der Waals surface area contributed by atoms with Crippen molar-refractivity contribution in [3.05, 3.63) is 48.6 Å². The molecule has 6 heteroatoms. The Labute approximate surface area is 436 Å². The number of hydrogen-bond donors (Lipinski definition) is 3. The number of aliphatic hydroxyl groups excluding tert-OH is 2. The fourth-order valence-electron chi connectivity index (χ4n) is 9.31.